The summed E-state index contributed by atoms with van der Waals surface area (Å²) in [6, 6.07) is 0. The summed E-state index contributed by atoms with van der Waals surface area (Å²) in [5, 5.41) is 0. The molecule has 0 radical (unpaired) electrons. The van der Waals surface area contributed by atoms with Crippen LogP contribution in [0.25, 0.3) is 0 Å². The minimum absolute atomic E-state index is 0.0597. The van der Waals surface area contributed by atoms with Gasteiger partial charge < -0.3 is 4.74 Å². The van der Waals surface area contributed by atoms with Gasteiger partial charge in [0, 0.05) is 25.9 Å². The molecule has 0 aliphatic carbocycles. The van der Waals surface area contributed by atoms with Gasteiger partial charge in [-0.25, -0.2) is 28.1 Å². The number of ketones is 5. The van der Waals surface area contributed by atoms with Gasteiger partial charge in [0.25, 0.3) is 0 Å². The minimum atomic E-state index is -0.976. The van der Waals surface area contributed by atoms with Crippen LogP contribution < -0.4 is 17.1 Å². The number of hydrogen-bond acceptors (Lipinski definition) is 10. The zero-order valence-electron chi connectivity index (χ0n) is 20.7. The van der Waals surface area contributed by atoms with Crippen molar-refractivity contribution in [1.82, 2.24) is 13.7 Å². The van der Waals surface area contributed by atoms with Crippen molar-refractivity contribution in [3.05, 3.63) is 31.5 Å². The molecule has 1 rings (SSSR count). The van der Waals surface area contributed by atoms with E-state index in [0.29, 0.717) is 4.57 Å². The van der Waals surface area contributed by atoms with Gasteiger partial charge in [0.15, 0.2) is 0 Å². The molecule has 0 saturated carbocycles. The van der Waals surface area contributed by atoms with Gasteiger partial charge in [-0.2, -0.15) is 0 Å². The molecule has 0 unspecified atom stereocenters. The summed E-state index contributed by atoms with van der Waals surface area (Å²) >= 11 is 0. The molecule has 1 heterocycles. The molecule has 0 N–H and O–H groups in total. The zero-order chi connectivity index (χ0) is 27.4. The van der Waals surface area contributed by atoms with Gasteiger partial charge in [-0.1, -0.05) is 0 Å². The average Bonchev–Trinajstić information content (AvgIpc) is 2.73. The summed E-state index contributed by atoms with van der Waals surface area (Å²) in [5.74, 6) is -2.60. The van der Waals surface area contributed by atoms with Crippen LogP contribution in [0, 0.1) is 0 Å². The summed E-state index contributed by atoms with van der Waals surface area (Å²) in [7, 11) is 0. The molecule has 0 atom stereocenters. The Morgan fingerprint density at radius 3 is 1.31 bits per heavy atom. The van der Waals surface area contributed by atoms with Crippen molar-refractivity contribution in [2.75, 3.05) is 6.61 Å². The second-order valence-corrected chi connectivity index (χ2v) is 8.44. The van der Waals surface area contributed by atoms with Crippen molar-refractivity contribution in [2.45, 2.75) is 85.4 Å². The highest BCUT2D eigenvalue weighted by Gasteiger charge is 2.17. The van der Waals surface area contributed by atoms with Gasteiger partial charge in [0.05, 0.1) is 19.4 Å². The van der Waals surface area contributed by atoms with Crippen molar-refractivity contribution in [3.63, 3.8) is 0 Å². The fourth-order valence-electron chi connectivity index (χ4n) is 3.36. The van der Waals surface area contributed by atoms with E-state index in [1.165, 1.54) is 20.8 Å². The maximum Gasteiger partial charge on any atom is 0.336 e. The van der Waals surface area contributed by atoms with Crippen LogP contribution in [-0.2, 0) is 53.1 Å². The van der Waals surface area contributed by atoms with Crippen molar-refractivity contribution in [3.8, 4) is 0 Å². The lowest BCUT2D eigenvalue weighted by Crippen LogP contribution is -2.55. The molecule has 0 saturated heterocycles. The van der Waals surface area contributed by atoms with Gasteiger partial charge in [0.1, 0.15) is 41.9 Å². The Labute approximate surface area is 206 Å². The van der Waals surface area contributed by atoms with E-state index < -0.39 is 48.4 Å². The van der Waals surface area contributed by atoms with E-state index in [4.69, 9.17) is 4.74 Å². The number of nitrogens with zero attached hydrogens (tertiary/aromatic N) is 3. The molecular formula is C23H31N3O10. The predicted octanol–water partition coefficient (Wildman–Crippen LogP) is -0.649. The fraction of sp³-hybridized carbons (Fsp3) is 0.609. The maximum absolute atomic E-state index is 12.9. The van der Waals surface area contributed by atoms with Gasteiger partial charge in [-0.05, 0) is 33.6 Å². The Morgan fingerprint density at radius 2 is 0.944 bits per heavy atom. The van der Waals surface area contributed by atoms with Crippen LogP contribution in [0.4, 0.5) is 0 Å². The zero-order valence-corrected chi connectivity index (χ0v) is 20.7. The SMILES string of the molecule is CC(=O)CC(=O)CCCn1c(=O)n(CCCC(=O)CC(C)=O)c(=O)n(CCOC(=O)CC(C)=O)c1=O. The fourth-order valence-corrected chi connectivity index (χ4v) is 3.36. The topological polar surface area (TPSA) is 178 Å². The highest BCUT2D eigenvalue weighted by Crippen LogP contribution is 1.99. The first-order valence-corrected chi connectivity index (χ1v) is 11.4. The number of hydrogen-bond donors (Lipinski definition) is 0. The van der Waals surface area contributed by atoms with E-state index in [9.17, 15) is 43.2 Å². The van der Waals surface area contributed by atoms with E-state index in [1.807, 2.05) is 0 Å². The second-order valence-electron chi connectivity index (χ2n) is 8.44. The lowest BCUT2D eigenvalue weighted by Gasteiger charge is -2.14. The Kier molecular flexibility index (Phi) is 12.3. The summed E-state index contributed by atoms with van der Waals surface area (Å²) in [6.45, 7) is 2.50. The Balaban J connectivity index is 3.16. The van der Waals surface area contributed by atoms with E-state index in [1.54, 1.807) is 0 Å². The molecule has 0 spiro atoms. The highest BCUT2D eigenvalue weighted by atomic mass is 16.5. The van der Waals surface area contributed by atoms with Crippen LogP contribution in [0.15, 0.2) is 14.4 Å². The predicted molar refractivity (Wildman–Crippen MR) is 125 cm³/mol. The second kappa shape index (κ2) is 14.6. The molecule has 0 amide bonds. The number of rotatable bonds is 17. The summed E-state index contributed by atoms with van der Waals surface area (Å²) in [6.07, 6.45) is -1.01. The van der Waals surface area contributed by atoms with E-state index in [0.717, 1.165) is 9.13 Å². The van der Waals surface area contributed by atoms with Crippen molar-refractivity contribution in [2.24, 2.45) is 0 Å². The molecule has 0 bridgehead atoms. The van der Waals surface area contributed by atoms with Crippen LogP contribution in [0.3, 0.4) is 0 Å². The molecule has 198 valence electrons. The summed E-state index contributed by atoms with van der Waals surface area (Å²) in [5.41, 5.74) is -2.89. The Hall–Kier alpha value is -3.77. The molecule has 1 aromatic rings. The minimum Gasteiger partial charge on any atom is -0.463 e. The number of esters is 1. The molecule has 13 heteroatoms. The van der Waals surface area contributed by atoms with Gasteiger partial charge >= 0.3 is 23.0 Å². The molecule has 1 aromatic heterocycles. The standard InChI is InChI=1S/C23H31N3O10/c1-15(27)12-18(30)6-4-8-24-21(33)25(9-5-7-19(31)13-16(2)28)23(35)26(22(24)34)10-11-36-20(32)14-17(3)29/h4-14H2,1-3H3. The van der Waals surface area contributed by atoms with E-state index in [2.05, 4.69) is 0 Å². The van der Waals surface area contributed by atoms with Crippen LogP contribution in [0.2, 0.25) is 0 Å². The first-order valence-electron chi connectivity index (χ1n) is 11.4. The molecule has 0 aromatic carbocycles. The summed E-state index contributed by atoms with van der Waals surface area (Å²) in [4.78, 5) is 107. The average molecular weight is 510 g/mol. The van der Waals surface area contributed by atoms with E-state index in [-0.39, 0.29) is 74.7 Å². The third-order valence-electron chi connectivity index (χ3n) is 4.92. The third-order valence-corrected chi connectivity index (χ3v) is 4.92. The maximum atomic E-state index is 12.9. The van der Waals surface area contributed by atoms with Gasteiger partial charge in [0.2, 0.25) is 0 Å². The van der Waals surface area contributed by atoms with Gasteiger partial charge in [-0.15, -0.1) is 0 Å². The molecular weight excluding hydrogens is 478 g/mol. The number of carbonyl (C=O) groups is 6. The number of aromatic nitrogens is 3. The van der Waals surface area contributed by atoms with Crippen molar-refractivity contribution in [1.29, 1.82) is 0 Å². The van der Waals surface area contributed by atoms with Crippen molar-refractivity contribution < 1.29 is 33.5 Å². The lowest BCUT2D eigenvalue weighted by atomic mass is 10.1. The largest absolute Gasteiger partial charge is 0.463 e. The van der Waals surface area contributed by atoms with Gasteiger partial charge in [-0.3, -0.25) is 28.8 Å². The monoisotopic (exact) mass is 509 g/mol. The normalized spacial score (nSPS) is 10.6. The smallest absolute Gasteiger partial charge is 0.336 e. The molecule has 0 aliphatic rings. The molecule has 13 nitrogen and oxygen atoms in total. The first kappa shape index (κ1) is 30.3. The third kappa shape index (κ3) is 10.2. The van der Waals surface area contributed by atoms with Crippen molar-refractivity contribution >= 4 is 34.9 Å². The molecule has 0 aliphatic heterocycles. The number of carbonyl (C=O) groups excluding carboxylic acids is 6. The highest BCUT2D eigenvalue weighted by molar-refractivity contribution is 5.98. The van der Waals surface area contributed by atoms with Crippen LogP contribution in [-0.4, -0.2) is 55.2 Å². The lowest BCUT2D eigenvalue weighted by molar-refractivity contribution is -0.146. The molecule has 0 fully saturated rings. The number of ether oxygens (including phenoxy) is 1. The first-order chi connectivity index (χ1) is 16.8. The van der Waals surface area contributed by atoms with Crippen LogP contribution in [0.5, 0.6) is 0 Å². The van der Waals surface area contributed by atoms with E-state index >= 15 is 0 Å². The molecule has 36 heavy (non-hydrogen) atoms. The van der Waals surface area contributed by atoms with Crippen LogP contribution in [0.1, 0.15) is 65.7 Å². The quantitative estimate of drug-likeness (QED) is 0.194. The number of Topliss-reactive ketones (excluding diaryl/α,β-unsaturated/α-hetero) is 5. The van der Waals surface area contributed by atoms with Crippen LogP contribution >= 0.6 is 0 Å². The Morgan fingerprint density at radius 1 is 0.583 bits per heavy atom. The summed E-state index contributed by atoms with van der Waals surface area (Å²) < 4.78 is 7.08. The Bertz CT molecular complexity index is 1020.